The van der Waals surface area contributed by atoms with E-state index in [1.165, 1.54) is 0 Å². The maximum absolute atomic E-state index is 12.1. The molecule has 0 spiro atoms. The second kappa shape index (κ2) is 10.8. The average molecular weight is 419 g/mol. The number of anilines is 1. The van der Waals surface area contributed by atoms with E-state index in [0.29, 0.717) is 18.1 Å². The fraction of sp³-hybridized carbons (Fsp3) is 0.200. The van der Waals surface area contributed by atoms with Crippen LogP contribution < -0.4 is 14.8 Å². The van der Waals surface area contributed by atoms with Crippen molar-refractivity contribution in [3.63, 3.8) is 0 Å². The number of amides is 1. The first-order valence-electron chi connectivity index (χ1n) is 9.92. The van der Waals surface area contributed by atoms with Gasteiger partial charge in [-0.1, -0.05) is 48.5 Å². The van der Waals surface area contributed by atoms with E-state index in [1.54, 1.807) is 24.3 Å². The van der Waals surface area contributed by atoms with Gasteiger partial charge < -0.3 is 19.5 Å². The van der Waals surface area contributed by atoms with Crippen molar-refractivity contribution in [2.24, 2.45) is 0 Å². The summed E-state index contributed by atoms with van der Waals surface area (Å²) in [5, 5.41) is 2.77. The van der Waals surface area contributed by atoms with Crippen LogP contribution in [0.15, 0.2) is 72.8 Å². The molecular formula is C25H25NO5. The molecular weight excluding hydrogens is 394 g/mol. The monoisotopic (exact) mass is 419 g/mol. The zero-order valence-electron chi connectivity index (χ0n) is 17.6. The SMILES string of the molecule is Cc1cccc(C)c1NC(=O)COC(=O)COc1ccc(OCc2ccccc2)cc1. The van der Waals surface area contributed by atoms with Crippen molar-refractivity contribution in [2.75, 3.05) is 18.5 Å². The number of ether oxygens (including phenoxy) is 3. The van der Waals surface area contributed by atoms with Crippen LogP contribution in [0.2, 0.25) is 0 Å². The summed E-state index contributed by atoms with van der Waals surface area (Å²) in [6, 6.07) is 22.5. The van der Waals surface area contributed by atoms with E-state index in [-0.39, 0.29) is 13.2 Å². The molecule has 3 aromatic rings. The summed E-state index contributed by atoms with van der Waals surface area (Å²) in [5.74, 6) is 0.178. The number of hydrogen-bond donors (Lipinski definition) is 1. The topological polar surface area (TPSA) is 73.9 Å². The first-order valence-corrected chi connectivity index (χ1v) is 9.92. The van der Waals surface area contributed by atoms with Crippen LogP contribution in [0.25, 0.3) is 0 Å². The molecule has 1 amide bonds. The molecule has 3 aromatic carbocycles. The number of carbonyl (C=O) groups is 2. The Kier molecular flexibility index (Phi) is 7.65. The van der Waals surface area contributed by atoms with Crippen LogP contribution >= 0.6 is 0 Å². The second-order valence-electron chi connectivity index (χ2n) is 7.01. The van der Waals surface area contributed by atoms with Crippen LogP contribution in [0.4, 0.5) is 5.69 Å². The Balaban J connectivity index is 1.38. The van der Waals surface area contributed by atoms with E-state index in [2.05, 4.69) is 5.32 Å². The van der Waals surface area contributed by atoms with Crippen LogP contribution in [0, 0.1) is 13.8 Å². The van der Waals surface area contributed by atoms with Gasteiger partial charge in [0.2, 0.25) is 0 Å². The predicted octanol–water partition coefficient (Wildman–Crippen LogP) is 4.44. The van der Waals surface area contributed by atoms with Gasteiger partial charge in [-0.15, -0.1) is 0 Å². The molecule has 0 bridgehead atoms. The molecule has 160 valence electrons. The van der Waals surface area contributed by atoms with Crippen LogP contribution in [0.5, 0.6) is 11.5 Å². The Morgan fingerprint density at radius 1 is 0.742 bits per heavy atom. The third-order valence-electron chi connectivity index (χ3n) is 4.54. The van der Waals surface area contributed by atoms with Crippen molar-refractivity contribution >= 4 is 17.6 Å². The number of benzene rings is 3. The molecule has 6 heteroatoms. The molecule has 3 rings (SSSR count). The van der Waals surface area contributed by atoms with Crippen molar-refractivity contribution in [1.29, 1.82) is 0 Å². The molecule has 0 aromatic heterocycles. The minimum Gasteiger partial charge on any atom is -0.489 e. The number of esters is 1. The quantitative estimate of drug-likeness (QED) is 0.519. The third kappa shape index (κ3) is 6.89. The molecule has 0 aliphatic rings. The summed E-state index contributed by atoms with van der Waals surface area (Å²) in [4.78, 5) is 23.9. The number of para-hydroxylation sites is 1. The second-order valence-corrected chi connectivity index (χ2v) is 7.01. The van der Waals surface area contributed by atoms with E-state index in [4.69, 9.17) is 14.2 Å². The Hall–Kier alpha value is -3.80. The fourth-order valence-corrected chi connectivity index (χ4v) is 2.89. The molecule has 0 aliphatic carbocycles. The van der Waals surface area contributed by atoms with E-state index in [9.17, 15) is 9.59 Å². The minimum atomic E-state index is -0.624. The molecule has 0 saturated heterocycles. The zero-order chi connectivity index (χ0) is 22.1. The standard InChI is InChI=1S/C25H25NO5/c1-18-7-6-8-19(2)25(18)26-23(27)16-31-24(28)17-30-22-13-11-21(12-14-22)29-15-20-9-4-3-5-10-20/h3-14H,15-17H2,1-2H3,(H,26,27). The molecule has 0 fully saturated rings. The maximum atomic E-state index is 12.1. The summed E-state index contributed by atoms with van der Waals surface area (Å²) < 4.78 is 16.1. The highest BCUT2D eigenvalue weighted by Crippen LogP contribution is 2.20. The number of hydrogen-bond acceptors (Lipinski definition) is 5. The first-order chi connectivity index (χ1) is 15.0. The largest absolute Gasteiger partial charge is 0.489 e. The summed E-state index contributed by atoms with van der Waals surface area (Å²) in [7, 11) is 0. The van der Waals surface area contributed by atoms with Crippen LogP contribution in [-0.2, 0) is 20.9 Å². The van der Waals surface area contributed by atoms with Gasteiger partial charge in [0.1, 0.15) is 18.1 Å². The highest BCUT2D eigenvalue weighted by atomic mass is 16.6. The van der Waals surface area contributed by atoms with E-state index in [1.807, 2.05) is 62.4 Å². The molecule has 0 unspecified atom stereocenters. The number of nitrogens with one attached hydrogen (secondary N) is 1. The number of aryl methyl sites for hydroxylation is 2. The molecule has 6 nitrogen and oxygen atoms in total. The highest BCUT2D eigenvalue weighted by molar-refractivity contribution is 5.94. The fourth-order valence-electron chi connectivity index (χ4n) is 2.89. The first kappa shape index (κ1) is 21.9. The predicted molar refractivity (Wildman–Crippen MR) is 118 cm³/mol. The lowest BCUT2D eigenvalue weighted by Crippen LogP contribution is -2.24. The lowest BCUT2D eigenvalue weighted by Gasteiger charge is -2.12. The van der Waals surface area contributed by atoms with Crippen molar-refractivity contribution < 1.29 is 23.8 Å². The molecule has 1 N–H and O–H groups in total. The molecule has 0 aliphatic heterocycles. The lowest BCUT2D eigenvalue weighted by molar-refractivity contribution is -0.149. The van der Waals surface area contributed by atoms with Gasteiger partial charge in [-0.3, -0.25) is 4.79 Å². The summed E-state index contributed by atoms with van der Waals surface area (Å²) >= 11 is 0. The maximum Gasteiger partial charge on any atom is 0.344 e. The van der Waals surface area contributed by atoms with E-state index in [0.717, 1.165) is 22.4 Å². The van der Waals surface area contributed by atoms with Gasteiger partial charge in [0.05, 0.1) is 0 Å². The van der Waals surface area contributed by atoms with E-state index < -0.39 is 11.9 Å². The van der Waals surface area contributed by atoms with Crippen LogP contribution in [0.1, 0.15) is 16.7 Å². The minimum absolute atomic E-state index is 0.291. The Labute approximate surface area is 181 Å². The van der Waals surface area contributed by atoms with E-state index >= 15 is 0 Å². The summed E-state index contributed by atoms with van der Waals surface area (Å²) in [6.45, 7) is 3.61. The van der Waals surface area contributed by atoms with Gasteiger partial charge >= 0.3 is 5.97 Å². The highest BCUT2D eigenvalue weighted by Gasteiger charge is 2.11. The van der Waals surface area contributed by atoms with Crippen molar-refractivity contribution in [2.45, 2.75) is 20.5 Å². The van der Waals surface area contributed by atoms with Gasteiger partial charge in [-0.2, -0.15) is 0 Å². The van der Waals surface area contributed by atoms with Gasteiger partial charge in [-0.25, -0.2) is 4.79 Å². The van der Waals surface area contributed by atoms with Crippen molar-refractivity contribution in [3.8, 4) is 11.5 Å². The van der Waals surface area contributed by atoms with Gasteiger partial charge in [0, 0.05) is 5.69 Å². The number of rotatable bonds is 9. The van der Waals surface area contributed by atoms with Gasteiger partial charge in [0.15, 0.2) is 13.2 Å². The normalized spacial score (nSPS) is 10.3. The van der Waals surface area contributed by atoms with Gasteiger partial charge in [0.25, 0.3) is 5.91 Å². The molecule has 0 heterocycles. The Morgan fingerprint density at radius 3 is 2.00 bits per heavy atom. The smallest absolute Gasteiger partial charge is 0.344 e. The van der Waals surface area contributed by atoms with Crippen LogP contribution in [-0.4, -0.2) is 25.1 Å². The average Bonchev–Trinajstić information content (AvgIpc) is 2.79. The van der Waals surface area contributed by atoms with Gasteiger partial charge in [-0.05, 0) is 54.8 Å². The molecule has 31 heavy (non-hydrogen) atoms. The molecule has 0 atom stereocenters. The molecule has 0 radical (unpaired) electrons. The van der Waals surface area contributed by atoms with Crippen molar-refractivity contribution in [3.05, 3.63) is 89.5 Å². The van der Waals surface area contributed by atoms with Crippen molar-refractivity contribution in [1.82, 2.24) is 0 Å². The zero-order valence-corrected chi connectivity index (χ0v) is 17.6. The molecule has 0 saturated carbocycles. The number of carbonyl (C=O) groups excluding carboxylic acids is 2. The Bertz CT molecular complexity index is 996. The third-order valence-corrected chi connectivity index (χ3v) is 4.54. The Morgan fingerprint density at radius 2 is 1.35 bits per heavy atom. The van der Waals surface area contributed by atoms with Crippen LogP contribution in [0.3, 0.4) is 0 Å². The summed E-state index contributed by atoms with van der Waals surface area (Å²) in [6.07, 6.45) is 0. The lowest BCUT2D eigenvalue weighted by atomic mass is 10.1. The summed E-state index contributed by atoms with van der Waals surface area (Å²) in [5.41, 5.74) is 3.69.